The molecule has 0 spiro atoms. The Bertz CT molecular complexity index is 840. The molecule has 0 saturated heterocycles. The fourth-order valence-corrected chi connectivity index (χ4v) is 2.54. The minimum absolute atomic E-state index is 0.00431. The molecule has 0 bridgehead atoms. The molecule has 2 N–H and O–H groups in total. The SMILES string of the molecule is COc1ccccc1C(C)=CC(=O)Nc1ccc(NC(=O)C2CC2)nc1. The number of pyridine rings is 1. The lowest BCUT2D eigenvalue weighted by Crippen LogP contribution is -2.14. The number of ether oxygens (including phenoxy) is 1. The molecule has 1 aromatic carbocycles. The molecule has 0 aliphatic heterocycles. The third-order valence-corrected chi connectivity index (χ3v) is 4.11. The summed E-state index contributed by atoms with van der Waals surface area (Å²) in [6.07, 6.45) is 4.92. The Morgan fingerprint density at radius 1 is 1.15 bits per heavy atom. The first-order valence-corrected chi connectivity index (χ1v) is 8.46. The second-order valence-corrected chi connectivity index (χ2v) is 6.21. The first-order chi connectivity index (χ1) is 12.6. The molecule has 1 aliphatic carbocycles. The number of methoxy groups -OCH3 is 1. The van der Waals surface area contributed by atoms with Gasteiger partial charge >= 0.3 is 0 Å². The summed E-state index contributed by atoms with van der Waals surface area (Å²) < 4.78 is 5.32. The van der Waals surface area contributed by atoms with E-state index in [0.29, 0.717) is 17.3 Å². The number of hydrogen-bond acceptors (Lipinski definition) is 4. The van der Waals surface area contributed by atoms with Crippen LogP contribution in [0, 0.1) is 5.92 Å². The highest BCUT2D eigenvalue weighted by Crippen LogP contribution is 2.30. The van der Waals surface area contributed by atoms with Crippen molar-refractivity contribution in [2.24, 2.45) is 5.92 Å². The number of carbonyl (C=O) groups excluding carboxylic acids is 2. The molecule has 1 saturated carbocycles. The van der Waals surface area contributed by atoms with Gasteiger partial charge in [-0.15, -0.1) is 0 Å². The number of nitrogens with zero attached hydrogens (tertiary/aromatic N) is 1. The van der Waals surface area contributed by atoms with Crippen LogP contribution in [-0.4, -0.2) is 23.9 Å². The van der Waals surface area contributed by atoms with Crippen molar-refractivity contribution in [3.63, 3.8) is 0 Å². The molecule has 1 heterocycles. The summed E-state index contributed by atoms with van der Waals surface area (Å²) in [4.78, 5) is 28.1. The molecule has 26 heavy (non-hydrogen) atoms. The normalized spacial score (nSPS) is 13.8. The standard InChI is InChI=1S/C20H21N3O3/c1-13(16-5-3-4-6-17(16)26-2)11-19(24)22-15-9-10-18(21-12-15)23-20(25)14-7-8-14/h3-6,9-12,14H,7-8H2,1-2H3,(H,22,24)(H,21,23,25). The monoisotopic (exact) mass is 351 g/mol. The topological polar surface area (TPSA) is 80.3 Å². The number of anilines is 2. The van der Waals surface area contributed by atoms with Crippen LogP contribution in [0.1, 0.15) is 25.3 Å². The highest BCUT2D eigenvalue weighted by atomic mass is 16.5. The van der Waals surface area contributed by atoms with Gasteiger partial charge in [0.05, 0.1) is 19.0 Å². The van der Waals surface area contributed by atoms with Gasteiger partial charge in [-0.1, -0.05) is 18.2 Å². The smallest absolute Gasteiger partial charge is 0.248 e. The van der Waals surface area contributed by atoms with Crippen molar-refractivity contribution < 1.29 is 14.3 Å². The second kappa shape index (κ2) is 7.82. The van der Waals surface area contributed by atoms with Crippen LogP contribution in [0.2, 0.25) is 0 Å². The van der Waals surface area contributed by atoms with Gasteiger partial charge in [0.15, 0.2) is 0 Å². The van der Waals surface area contributed by atoms with E-state index in [0.717, 1.165) is 24.0 Å². The second-order valence-electron chi connectivity index (χ2n) is 6.21. The molecule has 0 radical (unpaired) electrons. The fraction of sp³-hybridized carbons (Fsp3) is 0.250. The molecule has 134 valence electrons. The van der Waals surface area contributed by atoms with Crippen LogP contribution < -0.4 is 15.4 Å². The molecule has 0 atom stereocenters. The molecule has 6 heteroatoms. The highest BCUT2D eigenvalue weighted by Gasteiger charge is 2.29. The average Bonchev–Trinajstić information content (AvgIpc) is 3.48. The molecule has 3 rings (SSSR count). The number of hydrogen-bond donors (Lipinski definition) is 2. The fourth-order valence-electron chi connectivity index (χ4n) is 2.54. The quantitative estimate of drug-likeness (QED) is 0.781. The van der Waals surface area contributed by atoms with Crippen molar-refractivity contribution in [2.75, 3.05) is 17.7 Å². The Labute approximate surface area is 152 Å². The Morgan fingerprint density at radius 2 is 1.92 bits per heavy atom. The summed E-state index contributed by atoms with van der Waals surface area (Å²) in [6, 6.07) is 10.9. The van der Waals surface area contributed by atoms with E-state index in [9.17, 15) is 9.59 Å². The van der Waals surface area contributed by atoms with Crippen LogP contribution in [0.25, 0.3) is 5.57 Å². The lowest BCUT2D eigenvalue weighted by atomic mass is 10.1. The minimum Gasteiger partial charge on any atom is -0.496 e. The van der Waals surface area contributed by atoms with E-state index in [1.165, 1.54) is 12.3 Å². The third-order valence-electron chi connectivity index (χ3n) is 4.11. The van der Waals surface area contributed by atoms with Crippen molar-refractivity contribution >= 4 is 28.9 Å². The first kappa shape index (κ1) is 17.7. The molecule has 1 fully saturated rings. The lowest BCUT2D eigenvalue weighted by molar-refractivity contribution is -0.117. The number of aromatic nitrogens is 1. The van der Waals surface area contributed by atoms with Crippen molar-refractivity contribution in [3.05, 3.63) is 54.2 Å². The van der Waals surface area contributed by atoms with Gasteiger partial charge in [-0.05, 0) is 43.5 Å². The molecule has 2 aromatic rings. The number of allylic oxidation sites excluding steroid dienone is 1. The Kier molecular flexibility index (Phi) is 5.31. The zero-order valence-electron chi connectivity index (χ0n) is 14.8. The van der Waals surface area contributed by atoms with E-state index in [4.69, 9.17) is 4.74 Å². The predicted molar refractivity (Wildman–Crippen MR) is 101 cm³/mol. The molecule has 6 nitrogen and oxygen atoms in total. The van der Waals surface area contributed by atoms with Crippen molar-refractivity contribution in [3.8, 4) is 5.75 Å². The van der Waals surface area contributed by atoms with Crippen LogP contribution in [-0.2, 0) is 9.59 Å². The van der Waals surface area contributed by atoms with Gasteiger partial charge in [0.1, 0.15) is 11.6 Å². The van der Waals surface area contributed by atoms with E-state index in [2.05, 4.69) is 15.6 Å². The van der Waals surface area contributed by atoms with E-state index in [-0.39, 0.29) is 17.7 Å². The van der Waals surface area contributed by atoms with Gasteiger partial charge in [-0.2, -0.15) is 0 Å². The maximum Gasteiger partial charge on any atom is 0.248 e. The number of amides is 2. The number of nitrogens with one attached hydrogen (secondary N) is 2. The maximum atomic E-state index is 12.2. The Balaban J connectivity index is 1.62. The number of carbonyl (C=O) groups is 2. The van der Waals surface area contributed by atoms with E-state index >= 15 is 0 Å². The number of rotatable bonds is 6. The van der Waals surface area contributed by atoms with E-state index in [1.54, 1.807) is 19.2 Å². The number of para-hydroxylation sites is 1. The minimum atomic E-state index is -0.259. The summed E-state index contributed by atoms with van der Waals surface area (Å²) in [7, 11) is 1.60. The van der Waals surface area contributed by atoms with Gasteiger partial charge in [0, 0.05) is 17.6 Å². The number of benzene rings is 1. The zero-order valence-corrected chi connectivity index (χ0v) is 14.8. The summed E-state index contributed by atoms with van der Waals surface area (Å²) in [5.74, 6) is 1.07. The molecule has 1 aliphatic rings. The summed E-state index contributed by atoms with van der Waals surface area (Å²) in [6.45, 7) is 1.85. The third kappa shape index (κ3) is 4.47. The van der Waals surface area contributed by atoms with Crippen LogP contribution in [0.4, 0.5) is 11.5 Å². The largest absolute Gasteiger partial charge is 0.496 e. The molecule has 0 unspecified atom stereocenters. The van der Waals surface area contributed by atoms with Crippen LogP contribution in [0.3, 0.4) is 0 Å². The molecule has 2 amide bonds. The van der Waals surface area contributed by atoms with Gasteiger partial charge < -0.3 is 15.4 Å². The first-order valence-electron chi connectivity index (χ1n) is 8.46. The van der Waals surface area contributed by atoms with E-state index < -0.39 is 0 Å². The van der Waals surface area contributed by atoms with Crippen LogP contribution in [0.15, 0.2) is 48.7 Å². The van der Waals surface area contributed by atoms with Gasteiger partial charge in [-0.3, -0.25) is 9.59 Å². The van der Waals surface area contributed by atoms with Crippen LogP contribution >= 0.6 is 0 Å². The Morgan fingerprint density at radius 3 is 2.58 bits per heavy atom. The van der Waals surface area contributed by atoms with Gasteiger partial charge in [-0.25, -0.2) is 4.98 Å². The van der Waals surface area contributed by atoms with Crippen molar-refractivity contribution in [2.45, 2.75) is 19.8 Å². The van der Waals surface area contributed by atoms with Crippen molar-refractivity contribution in [1.82, 2.24) is 4.98 Å². The Hall–Kier alpha value is -3.15. The highest BCUT2D eigenvalue weighted by molar-refractivity contribution is 6.04. The lowest BCUT2D eigenvalue weighted by Gasteiger charge is -2.09. The molecular weight excluding hydrogens is 330 g/mol. The van der Waals surface area contributed by atoms with Crippen molar-refractivity contribution in [1.29, 1.82) is 0 Å². The summed E-state index contributed by atoms with van der Waals surface area (Å²) in [5.41, 5.74) is 2.21. The average molecular weight is 351 g/mol. The van der Waals surface area contributed by atoms with E-state index in [1.807, 2.05) is 31.2 Å². The molecule has 1 aromatic heterocycles. The predicted octanol–water partition coefficient (Wildman–Crippen LogP) is 3.48. The van der Waals surface area contributed by atoms with Gasteiger partial charge in [0.2, 0.25) is 11.8 Å². The van der Waals surface area contributed by atoms with Gasteiger partial charge in [0.25, 0.3) is 0 Å². The zero-order chi connectivity index (χ0) is 18.5. The maximum absolute atomic E-state index is 12.2. The summed E-state index contributed by atoms with van der Waals surface area (Å²) >= 11 is 0. The van der Waals surface area contributed by atoms with Crippen LogP contribution in [0.5, 0.6) is 5.75 Å². The molecular formula is C20H21N3O3. The summed E-state index contributed by atoms with van der Waals surface area (Å²) in [5, 5.41) is 5.53.